The maximum absolute atomic E-state index is 12.8. The predicted molar refractivity (Wildman–Crippen MR) is 82.9 cm³/mol. The molecule has 0 unspecified atom stereocenters. The van der Waals surface area contributed by atoms with E-state index < -0.39 is 12.7 Å². The van der Waals surface area contributed by atoms with E-state index in [0.717, 1.165) is 10.9 Å². The fraction of sp³-hybridized carbons (Fsp3) is 0.400. The SMILES string of the molecule is CC(C)N(CC(F)(F)F)c1nc2ccccc2cc1CBr. The molecule has 114 valence electrons. The molecule has 0 amide bonds. The normalized spacial score (nSPS) is 12.1. The molecule has 0 saturated heterocycles. The number of para-hydroxylation sites is 1. The number of alkyl halides is 4. The van der Waals surface area contributed by atoms with Gasteiger partial charge in [0.25, 0.3) is 0 Å². The van der Waals surface area contributed by atoms with Crippen molar-refractivity contribution in [2.75, 3.05) is 11.4 Å². The van der Waals surface area contributed by atoms with Crippen molar-refractivity contribution in [1.82, 2.24) is 4.98 Å². The molecule has 1 aromatic heterocycles. The first kappa shape index (κ1) is 16.1. The van der Waals surface area contributed by atoms with Gasteiger partial charge in [-0.05, 0) is 26.0 Å². The zero-order chi connectivity index (χ0) is 15.6. The number of aromatic nitrogens is 1. The van der Waals surface area contributed by atoms with Gasteiger partial charge in [-0.15, -0.1) is 0 Å². The lowest BCUT2D eigenvalue weighted by Gasteiger charge is -2.30. The van der Waals surface area contributed by atoms with Gasteiger partial charge in [0, 0.05) is 22.3 Å². The number of anilines is 1. The number of pyridine rings is 1. The molecule has 2 nitrogen and oxygen atoms in total. The zero-order valence-electron chi connectivity index (χ0n) is 11.8. The Balaban J connectivity index is 2.55. The number of rotatable bonds is 4. The Morgan fingerprint density at radius 2 is 1.90 bits per heavy atom. The lowest BCUT2D eigenvalue weighted by Crippen LogP contribution is -2.40. The molecule has 0 fully saturated rings. The summed E-state index contributed by atoms with van der Waals surface area (Å²) in [5.41, 5.74) is 1.46. The molecule has 1 heterocycles. The van der Waals surface area contributed by atoms with Gasteiger partial charge in [0.1, 0.15) is 12.4 Å². The minimum absolute atomic E-state index is 0.293. The summed E-state index contributed by atoms with van der Waals surface area (Å²) in [4.78, 5) is 5.74. The van der Waals surface area contributed by atoms with Crippen LogP contribution in [0.15, 0.2) is 30.3 Å². The Morgan fingerprint density at radius 3 is 2.48 bits per heavy atom. The summed E-state index contributed by atoms with van der Waals surface area (Å²) < 4.78 is 38.5. The van der Waals surface area contributed by atoms with Gasteiger partial charge in [-0.1, -0.05) is 34.1 Å². The Morgan fingerprint density at radius 1 is 1.24 bits per heavy atom. The van der Waals surface area contributed by atoms with Crippen molar-refractivity contribution in [3.05, 3.63) is 35.9 Å². The topological polar surface area (TPSA) is 16.1 Å². The fourth-order valence-corrected chi connectivity index (χ4v) is 2.60. The maximum Gasteiger partial charge on any atom is 0.405 e. The number of nitrogens with zero attached hydrogens (tertiary/aromatic N) is 2. The van der Waals surface area contributed by atoms with Crippen LogP contribution in [-0.4, -0.2) is 23.7 Å². The molecular formula is C15H16BrF3N2. The largest absolute Gasteiger partial charge is 0.405 e. The molecule has 1 aromatic carbocycles. The molecular weight excluding hydrogens is 345 g/mol. The third kappa shape index (κ3) is 3.87. The summed E-state index contributed by atoms with van der Waals surface area (Å²) in [6.07, 6.45) is -4.26. The van der Waals surface area contributed by atoms with Crippen LogP contribution in [0.2, 0.25) is 0 Å². The van der Waals surface area contributed by atoms with Gasteiger partial charge in [-0.3, -0.25) is 0 Å². The van der Waals surface area contributed by atoms with E-state index in [0.29, 0.717) is 16.7 Å². The summed E-state index contributed by atoms with van der Waals surface area (Å²) in [5, 5.41) is 1.38. The molecule has 0 N–H and O–H groups in total. The smallest absolute Gasteiger partial charge is 0.345 e. The maximum atomic E-state index is 12.8. The molecule has 0 spiro atoms. The number of benzene rings is 1. The van der Waals surface area contributed by atoms with E-state index in [4.69, 9.17) is 0 Å². The average Bonchev–Trinajstić information content (AvgIpc) is 2.42. The Bertz CT molecular complexity index is 626. The Hall–Kier alpha value is -1.30. The molecule has 6 heteroatoms. The lowest BCUT2D eigenvalue weighted by molar-refractivity contribution is -0.120. The van der Waals surface area contributed by atoms with Crippen LogP contribution in [-0.2, 0) is 5.33 Å². The minimum atomic E-state index is -4.26. The van der Waals surface area contributed by atoms with Crippen LogP contribution in [0.25, 0.3) is 10.9 Å². The van der Waals surface area contributed by atoms with E-state index in [1.807, 2.05) is 30.3 Å². The van der Waals surface area contributed by atoms with Crippen molar-refractivity contribution in [3.8, 4) is 0 Å². The first-order valence-electron chi connectivity index (χ1n) is 6.60. The number of halogens is 4. The van der Waals surface area contributed by atoms with Gasteiger partial charge in [-0.2, -0.15) is 13.2 Å². The first-order chi connectivity index (χ1) is 9.81. The predicted octanol–water partition coefficient (Wildman–Crippen LogP) is 4.91. The standard InChI is InChI=1S/C15H16BrF3N2/c1-10(2)21(9-15(17,18)19)14-12(8-16)7-11-5-3-4-6-13(11)20-14/h3-7,10H,8-9H2,1-2H3. The summed E-state index contributed by atoms with van der Waals surface area (Å²) in [5.74, 6) is 0.387. The molecule has 0 aliphatic heterocycles. The highest BCUT2D eigenvalue weighted by molar-refractivity contribution is 9.08. The highest BCUT2D eigenvalue weighted by Crippen LogP contribution is 2.29. The average molecular weight is 361 g/mol. The number of fused-ring (bicyclic) bond motifs is 1. The highest BCUT2D eigenvalue weighted by atomic mass is 79.9. The first-order valence-corrected chi connectivity index (χ1v) is 7.72. The van der Waals surface area contributed by atoms with Crippen molar-refractivity contribution >= 4 is 32.7 Å². The molecule has 2 aromatic rings. The second-order valence-electron chi connectivity index (χ2n) is 5.13. The van der Waals surface area contributed by atoms with Crippen LogP contribution in [0.3, 0.4) is 0 Å². The monoisotopic (exact) mass is 360 g/mol. The van der Waals surface area contributed by atoms with E-state index in [2.05, 4.69) is 20.9 Å². The highest BCUT2D eigenvalue weighted by Gasteiger charge is 2.33. The quantitative estimate of drug-likeness (QED) is 0.720. The molecule has 0 bridgehead atoms. The third-order valence-corrected chi connectivity index (χ3v) is 3.77. The van der Waals surface area contributed by atoms with Crippen LogP contribution >= 0.6 is 15.9 Å². The number of hydrogen-bond acceptors (Lipinski definition) is 2. The van der Waals surface area contributed by atoms with E-state index in [-0.39, 0.29) is 6.04 Å². The second kappa shape index (κ2) is 6.22. The van der Waals surface area contributed by atoms with Crippen LogP contribution < -0.4 is 4.90 Å². The molecule has 0 aliphatic carbocycles. The van der Waals surface area contributed by atoms with Crippen LogP contribution in [0.1, 0.15) is 19.4 Å². The zero-order valence-corrected chi connectivity index (χ0v) is 13.4. The van der Waals surface area contributed by atoms with Crippen molar-refractivity contribution in [3.63, 3.8) is 0 Å². The van der Waals surface area contributed by atoms with E-state index in [9.17, 15) is 13.2 Å². The van der Waals surface area contributed by atoms with Crippen molar-refractivity contribution in [2.24, 2.45) is 0 Å². The second-order valence-corrected chi connectivity index (χ2v) is 5.69. The van der Waals surface area contributed by atoms with Gasteiger partial charge < -0.3 is 4.90 Å². The van der Waals surface area contributed by atoms with Gasteiger partial charge in [0.2, 0.25) is 0 Å². The molecule has 0 atom stereocenters. The van der Waals surface area contributed by atoms with E-state index >= 15 is 0 Å². The Kier molecular flexibility index (Phi) is 4.76. The van der Waals surface area contributed by atoms with E-state index in [1.165, 1.54) is 4.90 Å². The van der Waals surface area contributed by atoms with Crippen molar-refractivity contribution in [2.45, 2.75) is 31.4 Å². The van der Waals surface area contributed by atoms with E-state index in [1.54, 1.807) is 13.8 Å². The van der Waals surface area contributed by atoms with Gasteiger partial charge in [0.15, 0.2) is 0 Å². The third-order valence-electron chi connectivity index (χ3n) is 3.17. The molecule has 2 rings (SSSR count). The van der Waals surface area contributed by atoms with Crippen molar-refractivity contribution < 1.29 is 13.2 Å². The molecule has 0 saturated carbocycles. The lowest BCUT2D eigenvalue weighted by atomic mass is 10.1. The van der Waals surface area contributed by atoms with Crippen LogP contribution in [0.5, 0.6) is 0 Å². The summed E-state index contributed by atoms with van der Waals surface area (Å²) >= 11 is 3.34. The summed E-state index contributed by atoms with van der Waals surface area (Å²) in [6.45, 7) is 2.47. The van der Waals surface area contributed by atoms with Crippen molar-refractivity contribution in [1.29, 1.82) is 0 Å². The molecule has 0 radical (unpaired) electrons. The van der Waals surface area contributed by atoms with Gasteiger partial charge >= 0.3 is 6.18 Å². The van der Waals surface area contributed by atoms with Gasteiger partial charge in [0.05, 0.1) is 5.52 Å². The Labute approximate surface area is 130 Å². The van der Waals surface area contributed by atoms with Crippen LogP contribution in [0, 0.1) is 0 Å². The number of hydrogen-bond donors (Lipinski definition) is 0. The summed E-state index contributed by atoms with van der Waals surface area (Å²) in [7, 11) is 0. The molecule has 21 heavy (non-hydrogen) atoms. The van der Waals surface area contributed by atoms with Gasteiger partial charge in [-0.25, -0.2) is 4.98 Å². The fourth-order valence-electron chi connectivity index (χ4n) is 2.19. The summed E-state index contributed by atoms with van der Waals surface area (Å²) in [6, 6.07) is 9.02. The molecule has 0 aliphatic rings. The van der Waals surface area contributed by atoms with Crippen LogP contribution in [0.4, 0.5) is 19.0 Å². The minimum Gasteiger partial charge on any atom is -0.345 e.